The van der Waals surface area contributed by atoms with Gasteiger partial charge in [-0.2, -0.15) is 0 Å². The van der Waals surface area contributed by atoms with Gasteiger partial charge < -0.3 is 25.2 Å². The standard InChI is InChI=1S/C27H29ClFN7O2/c1-15(2)36-21-12-16(11-20(29)24(21)33-25(36)27(3,4)38)23-19(28)13-31-26(34-23)32-17-5-7-18(8-6-17)35-10-9-30-14-22(35)37/h5-8,11-13,15,30,38H,9-10,14H2,1-4H3,(H,31,32,34). The van der Waals surface area contributed by atoms with Gasteiger partial charge in [0.15, 0.2) is 5.82 Å². The zero-order valence-electron chi connectivity index (χ0n) is 21.6. The van der Waals surface area contributed by atoms with E-state index in [2.05, 4.69) is 25.6 Å². The van der Waals surface area contributed by atoms with Gasteiger partial charge in [-0.25, -0.2) is 19.3 Å². The van der Waals surface area contributed by atoms with Crippen molar-refractivity contribution in [3.63, 3.8) is 0 Å². The van der Waals surface area contributed by atoms with Crippen molar-refractivity contribution in [1.29, 1.82) is 0 Å². The summed E-state index contributed by atoms with van der Waals surface area (Å²) in [5.74, 6) is 0.149. The van der Waals surface area contributed by atoms with Crippen molar-refractivity contribution < 1.29 is 14.3 Å². The molecule has 3 heterocycles. The second-order valence-electron chi connectivity index (χ2n) is 10.1. The number of piperazine rings is 1. The van der Waals surface area contributed by atoms with Gasteiger partial charge in [-0.15, -0.1) is 0 Å². The molecule has 0 radical (unpaired) electrons. The highest BCUT2D eigenvalue weighted by molar-refractivity contribution is 6.33. The largest absolute Gasteiger partial charge is 0.383 e. The number of aliphatic hydroxyl groups is 1. The van der Waals surface area contributed by atoms with Gasteiger partial charge in [0.25, 0.3) is 0 Å². The zero-order valence-corrected chi connectivity index (χ0v) is 22.3. The van der Waals surface area contributed by atoms with Gasteiger partial charge in [-0.3, -0.25) is 4.79 Å². The van der Waals surface area contributed by atoms with Gasteiger partial charge in [-0.1, -0.05) is 11.6 Å². The van der Waals surface area contributed by atoms with Crippen LogP contribution in [-0.4, -0.2) is 50.2 Å². The number of carbonyl (C=O) groups is 1. The molecule has 0 unspecified atom stereocenters. The number of hydrogen-bond acceptors (Lipinski definition) is 7. The van der Waals surface area contributed by atoms with Gasteiger partial charge in [0, 0.05) is 36.1 Å². The molecular formula is C27H29ClFN7O2. The number of aromatic nitrogens is 4. The molecule has 0 atom stereocenters. The Hall–Kier alpha value is -3.60. The number of anilines is 3. The Morgan fingerprint density at radius 2 is 1.92 bits per heavy atom. The van der Waals surface area contributed by atoms with Crippen LogP contribution in [0.5, 0.6) is 0 Å². The predicted molar refractivity (Wildman–Crippen MR) is 146 cm³/mol. The summed E-state index contributed by atoms with van der Waals surface area (Å²) < 4.78 is 17.1. The molecule has 2 aromatic heterocycles. The van der Waals surface area contributed by atoms with Crippen LogP contribution in [0.15, 0.2) is 42.6 Å². The highest BCUT2D eigenvalue weighted by atomic mass is 35.5. The fourth-order valence-corrected chi connectivity index (χ4v) is 4.81. The molecule has 1 saturated heterocycles. The van der Waals surface area contributed by atoms with E-state index in [1.807, 2.05) is 42.7 Å². The van der Waals surface area contributed by atoms with E-state index in [0.29, 0.717) is 35.7 Å². The summed E-state index contributed by atoms with van der Waals surface area (Å²) in [6.45, 7) is 8.83. The maximum Gasteiger partial charge on any atom is 0.240 e. The van der Waals surface area contributed by atoms with Crippen LogP contribution in [0.4, 0.5) is 21.7 Å². The monoisotopic (exact) mass is 537 g/mol. The highest BCUT2D eigenvalue weighted by Crippen LogP contribution is 2.35. The first-order chi connectivity index (χ1) is 18.0. The number of carbonyl (C=O) groups excluding carboxylic acids is 1. The SMILES string of the molecule is CC(C)n1c(C(C)(C)O)nc2c(F)cc(-c3nc(Nc4ccc(N5CCNCC5=O)cc4)ncc3Cl)cc21. The first-order valence-corrected chi connectivity index (χ1v) is 12.8. The molecule has 38 heavy (non-hydrogen) atoms. The van der Waals surface area contributed by atoms with E-state index in [-0.39, 0.29) is 28.4 Å². The van der Waals surface area contributed by atoms with Crippen molar-refractivity contribution >= 4 is 45.9 Å². The van der Waals surface area contributed by atoms with Gasteiger partial charge in [0.05, 0.1) is 29.0 Å². The molecule has 1 aliphatic rings. The van der Waals surface area contributed by atoms with E-state index >= 15 is 4.39 Å². The highest BCUT2D eigenvalue weighted by Gasteiger charge is 2.28. The molecule has 0 aliphatic carbocycles. The number of hydrogen-bond donors (Lipinski definition) is 3. The Balaban J connectivity index is 1.48. The molecule has 0 bridgehead atoms. The predicted octanol–water partition coefficient (Wildman–Crippen LogP) is 4.77. The number of imidazole rings is 1. The minimum absolute atomic E-state index is 0.0281. The van der Waals surface area contributed by atoms with Crippen molar-refractivity contribution in [3.05, 3.63) is 59.3 Å². The lowest BCUT2D eigenvalue weighted by atomic mass is 10.1. The van der Waals surface area contributed by atoms with Crippen LogP contribution in [0.2, 0.25) is 5.02 Å². The van der Waals surface area contributed by atoms with Gasteiger partial charge in [-0.05, 0) is 64.1 Å². The number of rotatable bonds is 6. The summed E-state index contributed by atoms with van der Waals surface area (Å²) >= 11 is 6.46. The molecule has 3 N–H and O–H groups in total. The maximum atomic E-state index is 15.3. The quantitative estimate of drug-likeness (QED) is 0.325. The van der Waals surface area contributed by atoms with Crippen LogP contribution in [0.1, 0.15) is 39.6 Å². The molecule has 0 spiro atoms. The van der Waals surface area contributed by atoms with Crippen molar-refractivity contribution in [2.24, 2.45) is 0 Å². The van der Waals surface area contributed by atoms with Crippen LogP contribution in [-0.2, 0) is 10.4 Å². The Kier molecular flexibility index (Phi) is 6.81. The molecule has 198 valence electrons. The van der Waals surface area contributed by atoms with Gasteiger partial charge in [0.1, 0.15) is 16.9 Å². The van der Waals surface area contributed by atoms with E-state index in [0.717, 1.165) is 17.9 Å². The van der Waals surface area contributed by atoms with Crippen LogP contribution >= 0.6 is 11.6 Å². The molecule has 5 rings (SSSR count). The normalized spacial score (nSPS) is 14.5. The molecule has 0 saturated carbocycles. The van der Waals surface area contributed by atoms with Crippen molar-refractivity contribution in [3.8, 4) is 11.3 Å². The molecule has 4 aromatic rings. The average Bonchev–Trinajstić information content (AvgIpc) is 3.27. The third-order valence-electron chi connectivity index (χ3n) is 6.35. The number of halogens is 2. The molecule has 1 amide bonds. The summed E-state index contributed by atoms with van der Waals surface area (Å²) in [5, 5.41) is 17.1. The minimum Gasteiger partial charge on any atom is -0.383 e. The molecule has 11 heteroatoms. The summed E-state index contributed by atoms with van der Waals surface area (Å²) in [6, 6.07) is 10.4. The fourth-order valence-electron chi connectivity index (χ4n) is 4.61. The van der Waals surface area contributed by atoms with E-state index in [1.54, 1.807) is 24.8 Å². The van der Waals surface area contributed by atoms with Crippen molar-refractivity contribution in [2.75, 3.05) is 29.9 Å². The summed E-state index contributed by atoms with van der Waals surface area (Å²) in [6.07, 6.45) is 1.46. The molecular weight excluding hydrogens is 509 g/mol. The van der Waals surface area contributed by atoms with Gasteiger partial charge >= 0.3 is 0 Å². The van der Waals surface area contributed by atoms with E-state index in [4.69, 9.17) is 11.6 Å². The third kappa shape index (κ3) is 4.94. The lowest BCUT2D eigenvalue weighted by Gasteiger charge is -2.27. The molecule has 1 aliphatic heterocycles. The number of fused-ring (bicyclic) bond motifs is 1. The summed E-state index contributed by atoms with van der Waals surface area (Å²) in [4.78, 5) is 27.2. The zero-order chi connectivity index (χ0) is 27.2. The van der Waals surface area contributed by atoms with Crippen LogP contribution in [0.25, 0.3) is 22.3 Å². The first kappa shape index (κ1) is 26.0. The molecule has 2 aromatic carbocycles. The summed E-state index contributed by atoms with van der Waals surface area (Å²) in [5.41, 5.74) is 1.81. The van der Waals surface area contributed by atoms with Crippen molar-refractivity contribution in [1.82, 2.24) is 24.8 Å². The maximum absolute atomic E-state index is 15.3. The number of amides is 1. The number of nitrogens with one attached hydrogen (secondary N) is 2. The third-order valence-corrected chi connectivity index (χ3v) is 6.63. The Labute approximate surface area is 224 Å². The van der Waals surface area contributed by atoms with Crippen LogP contribution in [0, 0.1) is 5.82 Å². The first-order valence-electron chi connectivity index (χ1n) is 12.4. The molecule has 1 fully saturated rings. The topological polar surface area (TPSA) is 108 Å². The second-order valence-corrected chi connectivity index (χ2v) is 10.5. The minimum atomic E-state index is -1.26. The van der Waals surface area contributed by atoms with Crippen LogP contribution in [0.3, 0.4) is 0 Å². The van der Waals surface area contributed by atoms with Crippen LogP contribution < -0.4 is 15.5 Å². The second kappa shape index (κ2) is 9.94. The average molecular weight is 538 g/mol. The van der Waals surface area contributed by atoms with Gasteiger partial charge in [0.2, 0.25) is 11.9 Å². The fraction of sp³-hybridized carbons (Fsp3) is 0.333. The Bertz CT molecular complexity index is 1510. The number of benzene rings is 2. The van der Waals surface area contributed by atoms with E-state index in [1.165, 1.54) is 12.3 Å². The van der Waals surface area contributed by atoms with Crippen molar-refractivity contribution in [2.45, 2.75) is 39.3 Å². The van der Waals surface area contributed by atoms with E-state index < -0.39 is 11.4 Å². The lowest BCUT2D eigenvalue weighted by Crippen LogP contribution is -2.48. The lowest BCUT2D eigenvalue weighted by molar-refractivity contribution is -0.118. The molecule has 9 nitrogen and oxygen atoms in total. The summed E-state index contributed by atoms with van der Waals surface area (Å²) in [7, 11) is 0. The smallest absolute Gasteiger partial charge is 0.240 e. The Morgan fingerprint density at radius 3 is 2.58 bits per heavy atom. The Morgan fingerprint density at radius 1 is 1.18 bits per heavy atom. The van der Waals surface area contributed by atoms with E-state index in [9.17, 15) is 9.90 Å². The number of nitrogens with zero attached hydrogens (tertiary/aromatic N) is 5.